The van der Waals surface area contributed by atoms with Gasteiger partial charge in [-0.3, -0.25) is 4.79 Å². The van der Waals surface area contributed by atoms with E-state index in [1.807, 2.05) is 6.92 Å². The van der Waals surface area contributed by atoms with E-state index in [0.717, 1.165) is 25.3 Å². The Kier molecular flexibility index (Phi) is 10.00. The van der Waals surface area contributed by atoms with Crippen molar-refractivity contribution in [1.82, 2.24) is 9.80 Å². The van der Waals surface area contributed by atoms with Gasteiger partial charge in [0.15, 0.2) is 0 Å². The highest BCUT2D eigenvalue weighted by Gasteiger charge is 2.29. The molecule has 0 spiro atoms. The van der Waals surface area contributed by atoms with Crippen LogP contribution in [0, 0.1) is 0 Å². The smallest absolute Gasteiger partial charge is 0.307 e. The summed E-state index contributed by atoms with van der Waals surface area (Å²) in [7, 11) is -0.702. The highest BCUT2D eigenvalue weighted by atomic mass is 28.3. The van der Waals surface area contributed by atoms with Crippen LogP contribution in [0.5, 0.6) is 0 Å². The van der Waals surface area contributed by atoms with Crippen molar-refractivity contribution in [2.75, 3.05) is 39.3 Å². The summed E-state index contributed by atoms with van der Waals surface area (Å²) in [5.41, 5.74) is 0.762. The van der Waals surface area contributed by atoms with Gasteiger partial charge in [0.05, 0.1) is 21.8 Å². The summed E-state index contributed by atoms with van der Waals surface area (Å²) >= 11 is 0. The van der Waals surface area contributed by atoms with Gasteiger partial charge in [-0.05, 0) is 19.9 Å². The van der Waals surface area contributed by atoms with Crippen molar-refractivity contribution < 1.29 is 9.53 Å². The molecule has 1 aliphatic rings. The van der Waals surface area contributed by atoms with Crippen LogP contribution in [0.4, 0.5) is 0 Å². The summed E-state index contributed by atoms with van der Waals surface area (Å²) in [4.78, 5) is 16.7. The second-order valence-electron chi connectivity index (χ2n) is 6.76. The van der Waals surface area contributed by atoms with E-state index in [9.17, 15) is 4.79 Å². The van der Waals surface area contributed by atoms with Gasteiger partial charge in [-0.2, -0.15) is 0 Å². The van der Waals surface area contributed by atoms with Crippen LogP contribution in [0.25, 0.3) is 0 Å². The zero-order chi connectivity index (χ0) is 16.4. The fraction of sp³-hybridized carbons (Fsp3) is 0.941. The number of carbonyl (C=O) groups is 1. The summed E-state index contributed by atoms with van der Waals surface area (Å²) in [6, 6.07) is 0. The molecule has 0 saturated carbocycles. The first kappa shape index (κ1) is 19.7. The maximum absolute atomic E-state index is 11.5. The Bertz CT molecular complexity index is 313. The van der Waals surface area contributed by atoms with Gasteiger partial charge in [0.25, 0.3) is 0 Å². The molecule has 1 aliphatic heterocycles. The lowest BCUT2D eigenvalue weighted by Crippen LogP contribution is -2.58. The van der Waals surface area contributed by atoms with Crippen molar-refractivity contribution >= 4 is 14.8 Å². The summed E-state index contributed by atoms with van der Waals surface area (Å²) in [6.45, 7) is 15.1. The molecule has 1 rings (SSSR count). The molecule has 0 aromatic rings. The maximum Gasteiger partial charge on any atom is 0.307 e. The topological polar surface area (TPSA) is 32.8 Å². The van der Waals surface area contributed by atoms with Crippen LogP contribution < -0.4 is 0 Å². The predicted octanol–water partition coefficient (Wildman–Crippen LogP) is 2.53. The quantitative estimate of drug-likeness (QED) is 0.350. The van der Waals surface area contributed by atoms with E-state index in [2.05, 4.69) is 29.8 Å². The van der Waals surface area contributed by atoms with E-state index in [0.29, 0.717) is 13.0 Å². The molecule has 0 aliphatic carbocycles. The van der Waals surface area contributed by atoms with Crippen molar-refractivity contribution in [2.24, 2.45) is 0 Å². The molecule has 22 heavy (non-hydrogen) atoms. The predicted molar refractivity (Wildman–Crippen MR) is 96.1 cm³/mol. The molecule has 130 valence electrons. The van der Waals surface area contributed by atoms with Crippen molar-refractivity contribution in [3.8, 4) is 0 Å². The molecule has 4 nitrogen and oxygen atoms in total. The normalized spacial score (nSPS) is 20.5. The molecule has 0 aromatic carbocycles. The van der Waals surface area contributed by atoms with E-state index >= 15 is 0 Å². The Morgan fingerprint density at radius 3 is 2.55 bits per heavy atom. The molecule has 0 radical (unpaired) electrons. The fourth-order valence-corrected chi connectivity index (χ4v) is 5.11. The van der Waals surface area contributed by atoms with Crippen LogP contribution in [0.15, 0.2) is 0 Å². The highest BCUT2D eigenvalue weighted by molar-refractivity contribution is 6.57. The number of hydrogen-bond donors (Lipinski definition) is 0. The van der Waals surface area contributed by atoms with E-state index < -0.39 is 8.80 Å². The van der Waals surface area contributed by atoms with Gasteiger partial charge in [0, 0.05) is 31.8 Å². The molecule has 1 heterocycles. The minimum Gasteiger partial charge on any atom is -0.466 e. The second kappa shape index (κ2) is 11.2. The van der Waals surface area contributed by atoms with Crippen LogP contribution in [0.1, 0.15) is 46.0 Å². The third kappa shape index (κ3) is 7.25. The van der Waals surface area contributed by atoms with Gasteiger partial charge >= 0.3 is 5.97 Å². The minimum atomic E-state index is -0.702. The molecule has 1 unspecified atom stereocenters. The van der Waals surface area contributed by atoms with Crippen molar-refractivity contribution in [3.05, 3.63) is 0 Å². The zero-order valence-electron chi connectivity index (χ0n) is 15.1. The summed E-state index contributed by atoms with van der Waals surface area (Å²) < 4.78 is 5.04. The molecule has 1 fully saturated rings. The number of unbranched alkanes of at least 4 members (excludes halogenated alkanes) is 3. The zero-order valence-corrected chi connectivity index (χ0v) is 16.3. The third-order valence-electron chi connectivity index (χ3n) is 4.62. The molecule has 0 amide bonds. The maximum atomic E-state index is 11.5. The van der Waals surface area contributed by atoms with Gasteiger partial charge in [-0.1, -0.05) is 39.3 Å². The second-order valence-corrected chi connectivity index (χ2v) is 10.0. The van der Waals surface area contributed by atoms with Gasteiger partial charge in [-0.25, -0.2) is 0 Å². The van der Waals surface area contributed by atoms with Crippen LogP contribution >= 0.6 is 0 Å². The lowest BCUT2D eigenvalue weighted by atomic mass is 10.2. The molecule has 0 N–H and O–H groups in total. The molecular formula is C17H36N2O2Si. The molecular weight excluding hydrogens is 292 g/mol. The van der Waals surface area contributed by atoms with E-state index in [1.165, 1.54) is 38.8 Å². The van der Waals surface area contributed by atoms with Crippen molar-refractivity contribution in [2.45, 2.75) is 64.7 Å². The fourth-order valence-electron chi connectivity index (χ4n) is 3.24. The average molecular weight is 329 g/mol. The number of carbonyl (C=O) groups excluding carboxylic acids is 1. The molecule has 0 bridgehead atoms. The standard InChI is InChI=1S/C17H36N2O2Si/c1-5-7-8-9-11-19-14-13-18(15-16(19)22(3)4)12-10-17(20)21-6-2/h16,22H,5-15H2,1-4H3. The number of piperazine rings is 1. The Morgan fingerprint density at radius 1 is 1.14 bits per heavy atom. The van der Waals surface area contributed by atoms with Crippen molar-refractivity contribution in [1.29, 1.82) is 0 Å². The lowest BCUT2D eigenvalue weighted by molar-refractivity contribution is -0.143. The largest absolute Gasteiger partial charge is 0.466 e. The van der Waals surface area contributed by atoms with Crippen LogP contribution in [-0.4, -0.2) is 69.6 Å². The van der Waals surface area contributed by atoms with E-state index in [-0.39, 0.29) is 5.97 Å². The SMILES string of the molecule is CCCCCCN1CCN(CCC(=O)OCC)CC1[SiH](C)C. The lowest BCUT2D eigenvalue weighted by Gasteiger charge is -2.43. The number of rotatable bonds is 10. The van der Waals surface area contributed by atoms with Crippen molar-refractivity contribution in [3.63, 3.8) is 0 Å². The Morgan fingerprint density at radius 2 is 1.91 bits per heavy atom. The number of hydrogen-bond acceptors (Lipinski definition) is 4. The number of nitrogens with zero attached hydrogens (tertiary/aromatic N) is 2. The van der Waals surface area contributed by atoms with Crippen LogP contribution in [0.3, 0.4) is 0 Å². The molecule has 0 aromatic heterocycles. The number of esters is 1. The summed E-state index contributed by atoms with van der Waals surface area (Å²) in [6.07, 6.45) is 5.92. The Labute approximate surface area is 138 Å². The molecule has 5 heteroatoms. The van der Waals surface area contributed by atoms with Gasteiger partial charge in [0.1, 0.15) is 0 Å². The van der Waals surface area contributed by atoms with Gasteiger partial charge < -0.3 is 14.5 Å². The monoisotopic (exact) mass is 328 g/mol. The third-order valence-corrected chi connectivity index (χ3v) is 6.80. The van der Waals surface area contributed by atoms with E-state index in [4.69, 9.17) is 4.74 Å². The average Bonchev–Trinajstić information content (AvgIpc) is 2.50. The first-order chi connectivity index (χ1) is 10.6. The molecule has 1 atom stereocenters. The van der Waals surface area contributed by atoms with Gasteiger partial charge in [-0.15, -0.1) is 0 Å². The highest BCUT2D eigenvalue weighted by Crippen LogP contribution is 2.15. The summed E-state index contributed by atoms with van der Waals surface area (Å²) in [5.74, 6) is -0.0529. The minimum absolute atomic E-state index is 0.0529. The van der Waals surface area contributed by atoms with Crippen LogP contribution in [-0.2, 0) is 9.53 Å². The molecule has 1 saturated heterocycles. The number of ether oxygens (including phenoxy) is 1. The first-order valence-electron chi connectivity index (χ1n) is 9.20. The van der Waals surface area contributed by atoms with Gasteiger partial charge in [0.2, 0.25) is 0 Å². The van der Waals surface area contributed by atoms with E-state index in [1.54, 1.807) is 0 Å². The first-order valence-corrected chi connectivity index (χ1v) is 12.2. The Balaban J connectivity index is 2.37. The van der Waals surface area contributed by atoms with Crippen LogP contribution in [0.2, 0.25) is 13.1 Å². The summed E-state index contributed by atoms with van der Waals surface area (Å²) in [5, 5.41) is 0. The Hall–Kier alpha value is -0.393.